The summed E-state index contributed by atoms with van der Waals surface area (Å²) in [7, 11) is 4.75. The van der Waals surface area contributed by atoms with Crippen LogP contribution in [-0.2, 0) is 6.42 Å². The molecular formula is C16H26N2O4. The smallest absolute Gasteiger partial charge is 0.317 e. The van der Waals surface area contributed by atoms with Gasteiger partial charge in [-0.05, 0) is 26.3 Å². The van der Waals surface area contributed by atoms with Crippen molar-refractivity contribution in [3.8, 4) is 17.2 Å². The monoisotopic (exact) mass is 310 g/mol. The Morgan fingerprint density at radius 3 is 2.18 bits per heavy atom. The molecule has 0 aliphatic rings. The number of carbonyl (C=O) groups excluding carboxylic acids is 1. The molecule has 1 N–H and O–H groups in total. The second kappa shape index (κ2) is 9.02. The van der Waals surface area contributed by atoms with Crippen LogP contribution in [0.15, 0.2) is 12.1 Å². The number of benzene rings is 1. The summed E-state index contributed by atoms with van der Waals surface area (Å²) in [5.41, 5.74) is 0.958. The van der Waals surface area contributed by atoms with E-state index in [1.807, 2.05) is 26.0 Å². The number of amides is 2. The van der Waals surface area contributed by atoms with Gasteiger partial charge in [-0.15, -0.1) is 0 Å². The SMILES string of the molecule is CCN(CC)C(=O)NCCc1ccc(OC)c(OC)c1OC. The fraction of sp³-hybridized carbons (Fsp3) is 0.562. The highest BCUT2D eigenvalue weighted by molar-refractivity contribution is 5.74. The molecule has 0 bridgehead atoms. The van der Waals surface area contributed by atoms with E-state index in [4.69, 9.17) is 14.2 Å². The molecule has 0 aliphatic heterocycles. The van der Waals surface area contributed by atoms with E-state index in [1.165, 1.54) is 0 Å². The first kappa shape index (κ1) is 17.9. The molecule has 0 fully saturated rings. The summed E-state index contributed by atoms with van der Waals surface area (Å²) in [6, 6.07) is 3.71. The number of nitrogens with zero attached hydrogens (tertiary/aromatic N) is 1. The van der Waals surface area contributed by atoms with Crippen LogP contribution in [0.4, 0.5) is 4.79 Å². The third-order valence-corrected chi connectivity index (χ3v) is 3.51. The molecule has 1 rings (SSSR count). The minimum atomic E-state index is -0.0514. The Balaban J connectivity index is 2.76. The van der Waals surface area contributed by atoms with Crippen LogP contribution in [0.1, 0.15) is 19.4 Å². The number of nitrogens with one attached hydrogen (secondary N) is 1. The van der Waals surface area contributed by atoms with Crippen LogP contribution < -0.4 is 19.5 Å². The van der Waals surface area contributed by atoms with Gasteiger partial charge in [-0.3, -0.25) is 0 Å². The molecule has 0 saturated carbocycles. The zero-order chi connectivity index (χ0) is 16.5. The highest BCUT2D eigenvalue weighted by Gasteiger charge is 2.16. The summed E-state index contributed by atoms with van der Waals surface area (Å²) in [4.78, 5) is 13.7. The fourth-order valence-corrected chi connectivity index (χ4v) is 2.29. The second-order valence-corrected chi connectivity index (χ2v) is 4.65. The largest absolute Gasteiger partial charge is 0.493 e. The normalized spacial score (nSPS) is 10.0. The molecule has 6 nitrogen and oxygen atoms in total. The van der Waals surface area contributed by atoms with E-state index in [0.29, 0.717) is 43.3 Å². The van der Waals surface area contributed by atoms with Crippen molar-refractivity contribution in [1.82, 2.24) is 10.2 Å². The molecule has 0 aromatic heterocycles. The average Bonchev–Trinajstić information content (AvgIpc) is 2.55. The molecule has 0 atom stereocenters. The molecule has 124 valence electrons. The Kier molecular flexibility index (Phi) is 7.36. The lowest BCUT2D eigenvalue weighted by Crippen LogP contribution is -2.40. The van der Waals surface area contributed by atoms with E-state index >= 15 is 0 Å². The van der Waals surface area contributed by atoms with E-state index in [1.54, 1.807) is 26.2 Å². The number of methoxy groups -OCH3 is 3. The maximum atomic E-state index is 11.9. The molecule has 6 heteroatoms. The topological polar surface area (TPSA) is 60.0 Å². The minimum absolute atomic E-state index is 0.0514. The van der Waals surface area contributed by atoms with Crippen molar-refractivity contribution in [3.05, 3.63) is 17.7 Å². The van der Waals surface area contributed by atoms with E-state index in [9.17, 15) is 4.79 Å². The maximum Gasteiger partial charge on any atom is 0.317 e. The van der Waals surface area contributed by atoms with E-state index in [-0.39, 0.29) is 6.03 Å². The standard InChI is InChI=1S/C16H26N2O4/c1-6-18(7-2)16(19)17-11-10-12-8-9-13(20-3)15(22-5)14(12)21-4/h8-9H,6-7,10-11H2,1-5H3,(H,17,19). The molecule has 2 amide bonds. The van der Waals surface area contributed by atoms with Crippen molar-refractivity contribution in [2.75, 3.05) is 41.0 Å². The van der Waals surface area contributed by atoms with Crippen LogP contribution in [0.2, 0.25) is 0 Å². The molecule has 1 aromatic rings. The van der Waals surface area contributed by atoms with Gasteiger partial charge < -0.3 is 24.4 Å². The number of rotatable bonds is 8. The Morgan fingerprint density at radius 2 is 1.68 bits per heavy atom. The van der Waals surface area contributed by atoms with Crippen LogP contribution >= 0.6 is 0 Å². The minimum Gasteiger partial charge on any atom is -0.493 e. The molecule has 0 unspecified atom stereocenters. The van der Waals surface area contributed by atoms with Crippen LogP contribution in [0.25, 0.3) is 0 Å². The van der Waals surface area contributed by atoms with E-state index in [0.717, 1.165) is 5.56 Å². The number of carbonyl (C=O) groups is 1. The Hall–Kier alpha value is -2.11. The van der Waals surface area contributed by atoms with Gasteiger partial charge in [0.05, 0.1) is 21.3 Å². The predicted molar refractivity (Wildman–Crippen MR) is 86.1 cm³/mol. The van der Waals surface area contributed by atoms with Crippen LogP contribution in [0, 0.1) is 0 Å². The van der Waals surface area contributed by atoms with Gasteiger partial charge in [0.15, 0.2) is 11.5 Å². The van der Waals surface area contributed by atoms with E-state index in [2.05, 4.69) is 5.32 Å². The van der Waals surface area contributed by atoms with Gasteiger partial charge in [0.1, 0.15) is 0 Å². The zero-order valence-electron chi connectivity index (χ0n) is 14.1. The van der Waals surface area contributed by atoms with Crippen LogP contribution in [0.5, 0.6) is 17.2 Å². The number of ether oxygens (including phenoxy) is 3. The number of hydrogen-bond donors (Lipinski definition) is 1. The van der Waals surface area contributed by atoms with Gasteiger partial charge in [-0.1, -0.05) is 6.07 Å². The number of hydrogen-bond acceptors (Lipinski definition) is 4. The summed E-state index contributed by atoms with van der Waals surface area (Å²) in [5.74, 6) is 1.83. The first-order valence-corrected chi connectivity index (χ1v) is 7.43. The Bertz CT molecular complexity index is 487. The van der Waals surface area contributed by atoms with Crippen molar-refractivity contribution in [3.63, 3.8) is 0 Å². The first-order valence-electron chi connectivity index (χ1n) is 7.43. The van der Waals surface area contributed by atoms with Gasteiger partial charge in [0, 0.05) is 25.2 Å². The third kappa shape index (κ3) is 4.19. The van der Waals surface area contributed by atoms with Gasteiger partial charge in [0.25, 0.3) is 0 Å². The predicted octanol–water partition coefficient (Wildman–Crippen LogP) is 2.31. The lowest BCUT2D eigenvalue weighted by molar-refractivity contribution is 0.203. The highest BCUT2D eigenvalue weighted by Crippen LogP contribution is 2.39. The van der Waals surface area contributed by atoms with Crippen LogP contribution in [0.3, 0.4) is 0 Å². The van der Waals surface area contributed by atoms with Crippen molar-refractivity contribution in [2.24, 2.45) is 0 Å². The van der Waals surface area contributed by atoms with Gasteiger partial charge in [-0.2, -0.15) is 0 Å². The van der Waals surface area contributed by atoms with Gasteiger partial charge >= 0.3 is 6.03 Å². The molecule has 0 spiro atoms. The molecular weight excluding hydrogens is 284 g/mol. The highest BCUT2D eigenvalue weighted by atomic mass is 16.5. The molecule has 1 aromatic carbocycles. The van der Waals surface area contributed by atoms with Crippen LogP contribution in [-0.4, -0.2) is 51.9 Å². The van der Waals surface area contributed by atoms with Gasteiger partial charge in [0.2, 0.25) is 5.75 Å². The first-order chi connectivity index (χ1) is 10.6. The molecule has 0 aliphatic carbocycles. The van der Waals surface area contributed by atoms with E-state index < -0.39 is 0 Å². The van der Waals surface area contributed by atoms with Crippen molar-refractivity contribution in [2.45, 2.75) is 20.3 Å². The summed E-state index contributed by atoms with van der Waals surface area (Å²) < 4.78 is 16.0. The molecule has 0 saturated heterocycles. The lowest BCUT2D eigenvalue weighted by atomic mass is 10.1. The number of urea groups is 1. The molecule has 0 heterocycles. The zero-order valence-corrected chi connectivity index (χ0v) is 14.1. The lowest BCUT2D eigenvalue weighted by Gasteiger charge is -2.20. The third-order valence-electron chi connectivity index (χ3n) is 3.51. The summed E-state index contributed by atoms with van der Waals surface area (Å²) in [6.45, 7) is 5.84. The fourth-order valence-electron chi connectivity index (χ4n) is 2.29. The van der Waals surface area contributed by atoms with Crippen molar-refractivity contribution in [1.29, 1.82) is 0 Å². The quantitative estimate of drug-likeness (QED) is 0.800. The summed E-state index contributed by atoms with van der Waals surface area (Å²) in [6.07, 6.45) is 0.649. The van der Waals surface area contributed by atoms with Crippen molar-refractivity contribution < 1.29 is 19.0 Å². The van der Waals surface area contributed by atoms with Crippen molar-refractivity contribution >= 4 is 6.03 Å². The molecule has 22 heavy (non-hydrogen) atoms. The Labute approximate surface area is 132 Å². The average molecular weight is 310 g/mol. The van der Waals surface area contributed by atoms with Gasteiger partial charge in [-0.25, -0.2) is 4.79 Å². The Morgan fingerprint density at radius 1 is 1.05 bits per heavy atom. The summed E-state index contributed by atoms with van der Waals surface area (Å²) >= 11 is 0. The molecule has 0 radical (unpaired) electrons. The second-order valence-electron chi connectivity index (χ2n) is 4.65. The maximum absolute atomic E-state index is 11.9. The summed E-state index contributed by atoms with van der Waals surface area (Å²) in [5, 5.41) is 2.91.